The molecule has 3 rings (SSSR count). The number of nitrogens with one attached hydrogen (secondary N) is 3. The van der Waals surface area contributed by atoms with Crippen molar-refractivity contribution in [1.29, 1.82) is 0 Å². The number of esters is 1. The molecule has 1 aromatic rings. The Morgan fingerprint density at radius 3 is 2.33 bits per heavy atom. The van der Waals surface area contributed by atoms with Crippen molar-refractivity contribution in [3.8, 4) is 0 Å². The van der Waals surface area contributed by atoms with Gasteiger partial charge in [0.15, 0.2) is 0 Å². The molecule has 0 radical (unpaired) electrons. The van der Waals surface area contributed by atoms with Crippen molar-refractivity contribution in [2.24, 2.45) is 5.92 Å². The molecule has 1 spiro atoms. The van der Waals surface area contributed by atoms with E-state index in [1.54, 1.807) is 13.8 Å². The summed E-state index contributed by atoms with van der Waals surface area (Å²) in [6.45, 7) is 5.54. The van der Waals surface area contributed by atoms with E-state index in [0.717, 1.165) is 11.1 Å². The molecular weight excluding hydrogens is 386 g/mol. The molecule has 0 aromatic heterocycles. The molecule has 1 unspecified atom stereocenters. The minimum absolute atomic E-state index is 0.0438. The molecule has 3 N–H and O–H groups in total. The second-order valence-electron chi connectivity index (χ2n) is 8.48. The van der Waals surface area contributed by atoms with Crippen LogP contribution in [0.15, 0.2) is 24.3 Å². The molecular formula is C22H29N3O5. The Bertz CT molecular complexity index is 826. The van der Waals surface area contributed by atoms with Gasteiger partial charge in [0.2, 0.25) is 5.91 Å². The second kappa shape index (κ2) is 8.85. The molecule has 4 amide bonds. The standard InChI is InChI=1S/C22H29N3O5/c1-13(2)30-18(26)12-17(15-6-4-14(3)5-7-15)23-19(27)16-8-10-22(11-9-16)20(28)24-21(29)25-22/h4-7,13,16-17H,8-12H2,1-3H3,(H,23,27)(H2,24,25,28,29). The van der Waals surface area contributed by atoms with Crippen LogP contribution in [0, 0.1) is 12.8 Å². The largest absolute Gasteiger partial charge is 0.463 e. The summed E-state index contributed by atoms with van der Waals surface area (Å²) in [7, 11) is 0. The van der Waals surface area contributed by atoms with Crippen LogP contribution in [0.2, 0.25) is 0 Å². The monoisotopic (exact) mass is 415 g/mol. The summed E-state index contributed by atoms with van der Waals surface area (Å²) in [6.07, 6.45) is 1.60. The highest BCUT2D eigenvalue weighted by molar-refractivity contribution is 6.07. The maximum absolute atomic E-state index is 13.0. The van der Waals surface area contributed by atoms with Crippen molar-refractivity contribution < 1.29 is 23.9 Å². The van der Waals surface area contributed by atoms with Crippen LogP contribution in [0.4, 0.5) is 4.79 Å². The first-order valence-corrected chi connectivity index (χ1v) is 10.4. The van der Waals surface area contributed by atoms with Crippen LogP contribution in [0.3, 0.4) is 0 Å². The van der Waals surface area contributed by atoms with E-state index in [1.165, 1.54) is 0 Å². The average Bonchev–Trinajstić information content (AvgIpc) is 2.94. The third-order valence-corrected chi connectivity index (χ3v) is 5.76. The third-order valence-electron chi connectivity index (χ3n) is 5.76. The van der Waals surface area contributed by atoms with Crippen molar-refractivity contribution >= 4 is 23.8 Å². The van der Waals surface area contributed by atoms with Crippen LogP contribution in [-0.4, -0.2) is 35.5 Å². The molecule has 1 saturated carbocycles. The minimum Gasteiger partial charge on any atom is -0.463 e. The van der Waals surface area contributed by atoms with Gasteiger partial charge in [0.05, 0.1) is 18.6 Å². The first-order chi connectivity index (χ1) is 14.2. The van der Waals surface area contributed by atoms with E-state index in [4.69, 9.17) is 4.74 Å². The summed E-state index contributed by atoms with van der Waals surface area (Å²) in [6, 6.07) is 6.71. The lowest BCUT2D eigenvalue weighted by atomic mass is 9.76. The number of imide groups is 1. The van der Waals surface area contributed by atoms with Gasteiger partial charge in [-0.3, -0.25) is 19.7 Å². The van der Waals surface area contributed by atoms with Gasteiger partial charge in [0.1, 0.15) is 5.54 Å². The number of carbonyl (C=O) groups is 4. The fourth-order valence-corrected chi connectivity index (χ4v) is 4.07. The van der Waals surface area contributed by atoms with Crippen molar-refractivity contribution in [2.45, 2.75) is 70.6 Å². The number of amides is 4. The maximum Gasteiger partial charge on any atom is 0.322 e. The van der Waals surface area contributed by atoms with Gasteiger partial charge in [-0.15, -0.1) is 0 Å². The van der Waals surface area contributed by atoms with Crippen molar-refractivity contribution in [3.05, 3.63) is 35.4 Å². The lowest BCUT2D eigenvalue weighted by Crippen LogP contribution is -2.51. The first-order valence-electron chi connectivity index (χ1n) is 10.4. The van der Waals surface area contributed by atoms with E-state index >= 15 is 0 Å². The highest BCUT2D eigenvalue weighted by atomic mass is 16.5. The van der Waals surface area contributed by atoms with Crippen LogP contribution in [0.5, 0.6) is 0 Å². The highest BCUT2D eigenvalue weighted by Crippen LogP contribution is 2.34. The van der Waals surface area contributed by atoms with Gasteiger partial charge in [-0.05, 0) is 52.0 Å². The highest BCUT2D eigenvalue weighted by Gasteiger charge is 2.49. The molecule has 1 aliphatic heterocycles. The van der Waals surface area contributed by atoms with Gasteiger partial charge in [0, 0.05) is 5.92 Å². The Morgan fingerprint density at radius 1 is 1.17 bits per heavy atom. The van der Waals surface area contributed by atoms with E-state index in [-0.39, 0.29) is 36.2 Å². The SMILES string of the molecule is Cc1ccc(C(CC(=O)OC(C)C)NC(=O)C2CCC3(CC2)NC(=O)NC3=O)cc1. The fourth-order valence-electron chi connectivity index (χ4n) is 4.07. The number of benzene rings is 1. The van der Waals surface area contributed by atoms with E-state index in [9.17, 15) is 19.2 Å². The summed E-state index contributed by atoms with van der Waals surface area (Å²) >= 11 is 0. The molecule has 1 atom stereocenters. The number of hydrogen-bond donors (Lipinski definition) is 3. The summed E-state index contributed by atoms with van der Waals surface area (Å²) in [5, 5.41) is 7.98. The maximum atomic E-state index is 13.0. The Balaban J connectivity index is 1.65. The molecule has 8 nitrogen and oxygen atoms in total. The lowest BCUT2D eigenvalue weighted by Gasteiger charge is -2.34. The fraction of sp³-hybridized carbons (Fsp3) is 0.545. The molecule has 2 aliphatic rings. The van der Waals surface area contributed by atoms with Crippen molar-refractivity contribution in [1.82, 2.24) is 16.0 Å². The number of rotatable bonds is 6. The lowest BCUT2D eigenvalue weighted by molar-refractivity contribution is -0.148. The number of ether oxygens (including phenoxy) is 1. The second-order valence-corrected chi connectivity index (χ2v) is 8.48. The molecule has 1 aromatic carbocycles. The number of urea groups is 1. The summed E-state index contributed by atoms with van der Waals surface area (Å²) in [5.41, 5.74) is 1.03. The van der Waals surface area contributed by atoms with Crippen LogP contribution >= 0.6 is 0 Å². The normalized spacial score (nSPS) is 24.3. The molecule has 2 fully saturated rings. The zero-order chi connectivity index (χ0) is 21.9. The zero-order valence-electron chi connectivity index (χ0n) is 17.6. The molecule has 162 valence electrons. The van der Waals surface area contributed by atoms with Crippen molar-refractivity contribution in [2.75, 3.05) is 0 Å². The van der Waals surface area contributed by atoms with Crippen molar-refractivity contribution in [3.63, 3.8) is 0 Å². The number of aryl methyl sites for hydroxylation is 1. The van der Waals surface area contributed by atoms with Gasteiger partial charge < -0.3 is 15.4 Å². The molecule has 8 heteroatoms. The van der Waals surface area contributed by atoms with Gasteiger partial charge in [-0.25, -0.2) is 4.79 Å². The third kappa shape index (κ3) is 4.98. The van der Waals surface area contributed by atoms with Crippen LogP contribution in [0.25, 0.3) is 0 Å². The molecule has 1 aliphatic carbocycles. The zero-order valence-corrected chi connectivity index (χ0v) is 17.6. The van der Waals surface area contributed by atoms with Gasteiger partial charge in [-0.2, -0.15) is 0 Å². The molecule has 30 heavy (non-hydrogen) atoms. The smallest absolute Gasteiger partial charge is 0.322 e. The van der Waals surface area contributed by atoms with Gasteiger partial charge >= 0.3 is 12.0 Å². The minimum atomic E-state index is -0.898. The molecule has 0 bridgehead atoms. The summed E-state index contributed by atoms with van der Waals surface area (Å²) in [5.74, 6) is -1.13. The quantitative estimate of drug-likeness (QED) is 0.487. The number of hydrogen-bond acceptors (Lipinski definition) is 5. The van der Waals surface area contributed by atoms with Crippen LogP contribution in [0.1, 0.15) is 63.1 Å². The first kappa shape index (κ1) is 21.8. The van der Waals surface area contributed by atoms with E-state index in [1.807, 2.05) is 31.2 Å². The Morgan fingerprint density at radius 2 is 1.80 bits per heavy atom. The Kier molecular flexibility index (Phi) is 6.43. The predicted molar refractivity (Wildman–Crippen MR) is 109 cm³/mol. The topological polar surface area (TPSA) is 114 Å². The van der Waals surface area contributed by atoms with E-state index in [2.05, 4.69) is 16.0 Å². The van der Waals surface area contributed by atoms with E-state index in [0.29, 0.717) is 25.7 Å². The van der Waals surface area contributed by atoms with Crippen LogP contribution < -0.4 is 16.0 Å². The Hall–Kier alpha value is -2.90. The van der Waals surface area contributed by atoms with Gasteiger partial charge in [-0.1, -0.05) is 29.8 Å². The molecule has 1 heterocycles. The summed E-state index contributed by atoms with van der Waals surface area (Å²) in [4.78, 5) is 48.8. The van der Waals surface area contributed by atoms with Gasteiger partial charge in [0.25, 0.3) is 5.91 Å². The van der Waals surface area contributed by atoms with Crippen LogP contribution in [-0.2, 0) is 19.1 Å². The number of carbonyl (C=O) groups excluding carboxylic acids is 4. The van der Waals surface area contributed by atoms with E-state index < -0.39 is 17.6 Å². The summed E-state index contributed by atoms with van der Waals surface area (Å²) < 4.78 is 5.26. The predicted octanol–water partition coefficient (Wildman–Crippen LogP) is 2.26. The average molecular weight is 415 g/mol. The Labute approximate surface area is 176 Å². The molecule has 1 saturated heterocycles.